The number of aryl methyl sites for hydroxylation is 1. The Kier molecular flexibility index (Phi) is 3.48. The number of hydrogen-bond donors (Lipinski definition) is 1. The van der Waals surface area contributed by atoms with Crippen LogP contribution < -0.4 is 5.32 Å². The Morgan fingerprint density at radius 2 is 2.22 bits per heavy atom. The number of fused-ring (bicyclic) bond motifs is 1. The van der Waals surface area contributed by atoms with E-state index in [0.29, 0.717) is 29.3 Å². The minimum Gasteiger partial charge on any atom is -0.448 e. The van der Waals surface area contributed by atoms with Gasteiger partial charge in [-0.3, -0.25) is 9.78 Å². The molecule has 2 aliphatic rings. The average molecular weight is 313 g/mol. The molecular weight excluding hydrogens is 294 g/mol. The Morgan fingerprint density at radius 3 is 2.96 bits per heavy atom. The van der Waals surface area contributed by atoms with Crippen molar-refractivity contribution in [3.63, 3.8) is 0 Å². The topological polar surface area (TPSA) is 84.2 Å². The summed E-state index contributed by atoms with van der Waals surface area (Å²) in [4.78, 5) is 26.9. The molecule has 2 aromatic rings. The summed E-state index contributed by atoms with van der Waals surface area (Å²) in [5.74, 6) is 2.36. The summed E-state index contributed by atoms with van der Waals surface area (Å²) in [6.45, 7) is 3.33. The highest BCUT2D eigenvalue weighted by atomic mass is 16.3. The molecule has 4 rings (SSSR count). The van der Waals surface area contributed by atoms with Crippen LogP contribution in [0.15, 0.2) is 29.4 Å². The lowest BCUT2D eigenvalue weighted by Gasteiger charge is -2.21. The Labute approximate surface area is 134 Å². The first kappa shape index (κ1) is 14.2. The molecule has 3 atom stereocenters. The molecule has 1 amide bonds. The van der Waals surface area contributed by atoms with Crippen molar-refractivity contribution < 1.29 is 9.21 Å². The van der Waals surface area contributed by atoms with Gasteiger partial charge < -0.3 is 14.6 Å². The van der Waals surface area contributed by atoms with Crippen molar-refractivity contribution in [1.29, 1.82) is 0 Å². The lowest BCUT2D eigenvalue weighted by molar-refractivity contribution is 0.0773. The third kappa shape index (κ3) is 2.56. The number of carbonyl (C=O) groups is 1. The summed E-state index contributed by atoms with van der Waals surface area (Å²) in [7, 11) is 0. The molecule has 0 unspecified atom stereocenters. The SMILES string of the molecule is Cc1ocnc1C(=O)N1C[C@H]2CC[C@@H](Nc3cnccn3)[C@H]2C1. The molecule has 0 spiro atoms. The van der Waals surface area contributed by atoms with Gasteiger partial charge in [0.2, 0.25) is 0 Å². The van der Waals surface area contributed by atoms with Crippen LogP contribution in [-0.2, 0) is 0 Å². The maximum Gasteiger partial charge on any atom is 0.276 e. The standard InChI is InChI=1S/C16H19N5O2/c1-10-15(19-9-23-10)16(22)21-7-11-2-3-13(12(11)8-21)20-14-6-17-4-5-18-14/h4-6,9,11-13H,2-3,7-8H2,1H3,(H,18,20)/t11-,12+,13-/m1/s1. The first-order valence-corrected chi connectivity index (χ1v) is 7.94. The smallest absolute Gasteiger partial charge is 0.276 e. The van der Waals surface area contributed by atoms with Crippen LogP contribution in [0.25, 0.3) is 0 Å². The quantitative estimate of drug-likeness (QED) is 0.929. The van der Waals surface area contributed by atoms with Crippen LogP contribution in [-0.4, -0.2) is 44.9 Å². The molecule has 0 bridgehead atoms. The summed E-state index contributed by atoms with van der Waals surface area (Å²) in [6, 6.07) is 0.341. The van der Waals surface area contributed by atoms with Gasteiger partial charge in [-0.05, 0) is 25.7 Å². The third-order valence-electron chi connectivity index (χ3n) is 4.99. The molecule has 7 heteroatoms. The third-order valence-corrected chi connectivity index (χ3v) is 4.99. The minimum atomic E-state index is -0.0242. The summed E-state index contributed by atoms with van der Waals surface area (Å²) in [5.41, 5.74) is 0.434. The number of anilines is 1. The highest BCUT2D eigenvalue weighted by Crippen LogP contribution is 2.39. The van der Waals surface area contributed by atoms with E-state index in [1.807, 2.05) is 4.90 Å². The zero-order chi connectivity index (χ0) is 15.8. The summed E-state index contributed by atoms with van der Waals surface area (Å²) in [6.07, 6.45) is 8.66. The van der Waals surface area contributed by atoms with Crippen molar-refractivity contribution in [2.24, 2.45) is 11.8 Å². The van der Waals surface area contributed by atoms with Gasteiger partial charge in [-0.15, -0.1) is 0 Å². The lowest BCUT2D eigenvalue weighted by atomic mass is 9.98. The Morgan fingerprint density at radius 1 is 1.30 bits per heavy atom. The maximum absolute atomic E-state index is 12.6. The molecule has 1 saturated carbocycles. The number of aromatic nitrogens is 3. The van der Waals surface area contributed by atoms with Crippen LogP contribution >= 0.6 is 0 Å². The highest BCUT2D eigenvalue weighted by molar-refractivity contribution is 5.93. The van der Waals surface area contributed by atoms with E-state index in [9.17, 15) is 4.79 Å². The minimum absolute atomic E-state index is 0.0242. The van der Waals surface area contributed by atoms with Gasteiger partial charge in [0.05, 0.1) is 6.20 Å². The lowest BCUT2D eigenvalue weighted by Crippen LogP contribution is -2.33. The van der Waals surface area contributed by atoms with E-state index in [-0.39, 0.29) is 5.91 Å². The van der Waals surface area contributed by atoms with Crippen LogP contribution in [0, 0.1) is 18.8 Å². The zero-order valence-electron chi connectivity index (χ0n) is 13.0. The van der Waals surface area contributed by atoms with E-state index in [1.165, 1.54) is 6.39 Å². The van der Waals surface area contributed by atoms with Crippen molar-refractivity contribution in [1.82, 2.24) is 19.9 Å². The number of rotatable bonds is 3. The van der Waals surface area contributed by atoms with Gasteiger partial charge >= 0.3 is 0 Å². The molecule has 1 aliphatic carbocycles. The number of carbonyl (C=O) groups excluding carboxylic acids is 1. The van der Waals surface area contributed by atoms with Crippen molar-refractivity contribution in [2.45, 2.75) is 25.8 Å². The van der Waals surface area contributed by atoms with Crippen molar-refractivity contribution in [3.8, 4) is 0 Å². The number of oxazole rings is 1. The molecule has 23 heavy (non-hydrogen) atoms. The van der Waals surface area contributed by atoms with E-state index in [4.69, 9.17) is 4.42 Å². The van der Waals surface area contributed by atoms with Crippen LogP contribution in [0.1, 0.15) is 29.1 Å². The normalized spacial score (nSPS) is 26.3. The second-order valence-corrected chi connectivity index (χ2v) is 6.31. The molecule has 1 N–H and O–H groups in total. The highest BCUT2D eigenvalue weighted by Gasteiger charge is 2.44. The number of nitrogens with zero attached hydrogens (tertiary/aromatic N) is 4. The Hall–Kier alpha value is -2.44. The van der Waals surface area contributed by atoms with Crippen LogP contribution in [0.2, 0.25) is 0 Å². The van der Waals surface area contributed by atoms with E-state index >= 15 is 0 Å². The molecule has 120 valence electrons. The largest absolute Gasteiger partial charge is 0.448 e. The molecule has 3 heterocycles. The molecule has 2 aromatic heterocycles. The Bertz CT molecular complexity index is 702. The number of nitrogens with one attached hydrogen (secondary N) is 1. The van der Waals surface area contributed by atoms with Crippen LogP contribution in [0.3, 0.4) is 0 Å². The summed E-state index contributed by atoms with van der Waals surface area (Å²) < 4.78 is 5.15. The van der Waals surface area contributed by atoms with Crippen molar-refractivity contribution in [3.05, 3.63) is 36.4 Å². The fourth-order valence-corrected chi connectivity index (χ4v) is 3.83. The van der Waals surface area contributed by atoms with Crippen LogP contribution in [0.4, 0.5) is 5.82 Å². The molecule has 7 nitrogen and oxygen atoms in total. The van der Waals surface area contributed by atoms with E-state index in [0.717, 1.165) is 31.7 Å². The molecule has 2 fully saturated rings. The van der Waals surface area contributed by atoms with Gasteiger partial charge in [0.15, 0.2) is 12.1 Å². The van der Waals surface area contributed by atoms with Gasteiger partial charge in [-0.25, -0.2) is 9.97 Å². The zero-order valence-corrected chi connectivity index (χ0v) is 13.0. The molecular formula is C16H19N5O2. The molecule has 0 aromatic carbocycles. The van der Waals surface area contributed by atoms with Crippen molar-refractivity contribution >= 4 is 11.7 Å². The second kappa shape index (κ2) is 5.64. The molecule has 1 aliphatic heterocycles. The number of amides is 1. The fraction of sp³-hybridized carbons (Fsp3) is 0.500. The van der Waals surface area contributed by atoms with Gasteiger partial charge in [0.25, 0.3) is 5.91 Å². The Balaban J connectivity index is 1.45. The summed E-state index contributed by atoms with van der Waals surface area (Å²) in [5, 5.41) is 3.47. The monoisotopic (exact) mass is 313 g/mol. The maximum atomic E-state index is 12.6. The average Bonchev–Trinajstić information content (AvgIpc) is 3.25. The predicted molar refractivity (Wildman–Crippen MR) is 82.8 cm³/mol. The van der Waals surface area contributed by atoms with E-state index in [1.54, 1.807) is 25.5 Å². The predicted octanol–water partition coefficient (Wildman–Crippen LogP) is 1.74. The van der Waals surface area contributed by atoms with E-state index in [2.05, 4.69) is 20.3 Å². The first-order valence-electron chi connectivity index (χ1n) is 7.94. The number of likely N-dealkylation sites (tertiary alicyclic amines) is 1. The second-order valence-electron chi connectivity index (χ2n) is 6.31. The van der Waals surface area contributed by atoms with E-state index < -0.39 is 0 Å². The first-order chi connectivity index (χ1) is 11.2. The summed E-state index contributed by atoms with van der Waals surface area (Å²) >= 11 is 0. The number of hydrogen-bond acceptors (Lipinski definition) is 6. The molecule has 1 saturated heterocycles. The fourth-order valence-electron chi connectivity index (χ4n) is 3.83. The van der Waals surface area contributed by atoms with Gasteiger partial charge in [-0.1, -0.05) is 0 Å². The van der Waals surface area contributed by atoms with Crippen LogP contribution in [0.5, 0.6) is 0 Å². The van der Waals surface area contributed by atoms with Crippen molar-refractivity contribution in [2.75, 3.05) is 18.4 Å². The molecule has 0 radical (unpaired) electrons. The van der Waals surface area contributed by atoms with Gasteiger partial charge in [-0.2, -0.15) is 0 Å². The van der Waals surface area contributed by atoms with Gasteiger partial charge in [0, 0.05) is 37.4 Å². The van der Waals surface area contributed by atoms with Gasteiger partial charge in [0.1, 0.15) is 11.6 Å².